The zero-order valence-electron chi connectivity index (χ0n) is 24.7. The fourth-order valence-corrected chi connectivity index (χ4v) is 7.57. The Morgan fingerprint density at radius 1 is 1.04 bits per heavy atom. The van der Waals surface area contributed by atoms with Crippen LogP contribution in [0.4, 0.5) is 5.13 Å². The summed E-state index contributed by atoms with van der Waals surface area (Å²) < 4.78 is 17.9. The number of hydrogen-bond donors (Lipinski definition) is 1. The number of benzene rings is 3. The van der Waals surface area contributed by atoms with E-state index in [-0.39, 0.29) is 16.5 Å². The number of carbonyl (C=O) groups excluding carboxylic acids is 2. The van der Waals surface area contributed by atoms with Crippen molar-refractivity contribution in [1.82, 2.24) is 10.2 Å². The number of fused-ring (bicyclic) bond motifs is 1. The van der Waals surface area contributed by atoms with Gasteiger partial charge in [0, 0.05) is 21.4 Å². The standard InChI is InChI=1S/C33H29Cl2N3O6S2/c1-2-3-4-12-42-23-7-5-6-19(15-23)28-27(29(39)20-9-11-25-26(16-20)44-14-13-43-25)30(40)31(41)38(28)32-36-37-33(46-32)45-18-21-8-10-22(34)17-24(21)35/h5-11,15-17,28,39H,2-4,12-14,18H2,1H3/t28-/m1/s1. The number of anilines is 1. The Bertz CT molecular complexity index is 1810. The van der Waals surface area contributed by atoms with Crippen molar-refractivity contribution in [3.8, 4) is 17.2 Å². The lowest BCUT2D eigenvalue weighted by molar-refractivity contribution is -0.132. The first kappa shape index (κ1) is 32.2. The quantitative estimate of drug-likeness (QED) is 0.0415. The van der Waals surface area contributed by atoms with Gasteiger partial charge in [-0.15, -0.1) is 10.2 Å². The number of aliphatic hydroxyl groups excluding tert-OH is 1. The van der Waals surface area contributed by atoms with E-state index in [0.29, 0.717) is 68.3 Å². The Hall–Kier alpha value is -3.77. The SMILES string of the molecule is CCCCCOc1cccc([C@@H]2C(=C(O)c3ccc4c(c3)OCCO4)C(=O)C(=O)N2c2nnc(SCc3ccc(Cl)cc3Cl)s2)c1. The molecular weight excluding hydrogens is 669 g/mol. The predicted molar refractivity (Wildman–Crippen MR) is 180 cm³/mol. The van der Waals surface area contributed by atoms with Crippen molar-refractivity contribution >= 4 is 68.9 Å². The first-order chi connectivity index (χ1) is 22.3. The number of Topliss-reactive ketones (excluding diaryl/α,β-unsaturated/α-hetero) is 1. The number of halogens is 2. The number of aromatic nitrogens is 2. The van der Waals surface area contributed by atoms with Gasteiger partial charge in [-0.3, -0.25) is 14.5 Å². The number of thioether (sulfide) groups is 1. The van der Waals surface area contributed by atoms with Crippen molar-refractivity contribution in [3.05, 3.63) is 93.0 Å². The van der Waals surface area contributed by atoms with Gasteiger partial charge in [0.05, 0.1) is 18.2 Å². The van der Waals surface area contributed by atoms with Gasteiger partial charge in [0.25, 0.3) is 5.78 Å². The monoisotopic (exact) mass is 697 g/mol. The third-order valence-corrected chi connectivity index (χ3v) is 10.1. The lowest BCUT2D eigenvalue weighted by Crippen LogP contribution is -2.29. The van der Waals surface area contributed by atoms with Crippen LogP contribution in [0.25, 0.3) is 5.76 Å². The first-order valence-electron chi connectivity index (χ1n) is 14.7. The van der Waals surface area contributed by atoms with Gasteiger partial charge in [-0.2, -0.15) is 0 Å². The van der Waals surface area contributed by atoms with Crippen molar-refractivity contribution < 1.29 is 28.9 Å². The molecule has 1 aromatic heterocycles. The molecule has 0 bridgehead atoms. The van der Waals surface area contributed by atoms with Crippen molar-refractivity contribution in [2.45, 2.75) is 42.3 Å². The molecule has 1 atom stereocenters. The van der Waals surface area contributed by atoms with E-state index in [0.717, 1.165) is 24.8 Å². The first-order valence-corrected chi connectivity index (χ1v) is 17.2. The van der Waals surface area contributed by atoms with Crippen LogP contribution in [0.3, 0.4) is 0 Å². The van der Waals surface area contributed by atoms with Crippen LogP contribution >= 0.6 is 46.3 Å². The topological polar surface area (TPSA) is 111 Å². The molecule has 9 nitrogen and oxygen atoms in total. The Balaban J connectivity index is 1.37. The minimum Gasteiger partial charge on any atom is -0.507 e. The summed E-state index contributed by atoms with van der Waals surface area (Å²) in [4.78, 5) is 28.7. The molecular formula is C33H29Cl2N3O6S2. The van der Waals surface area contributed by atoms with Crippen molar-refractivity contribution in [2.75, 3.05) is 24.7 Å². The van der Waals surface area contributed by atoms with E-state index < -0.39 is 17.7 Å². The Morgan fingerprint density at radius 2 is 1.87 bits per heavy atom. The number of ketones is 1. The normalized spacial score (nSPS) is 17.0. The number of unbranched alkanes of at least 4 members (excludes halogenated alkanes) is 2. The van der Waals surface area contributed by atoms with Crippen LogP contribution in [0.15, 0.2) is 70.6 Å². The van der Waals surface area contributed by atoms with Crippen LogP contribution in [0, 0.1) is 0 Å². The van der Waals surface area contributed by atoms with Crippen LogP contribution in [0.1, 0.15) is 48.9 Å². The fraction of sp³-hybridized carbons (Fsp3) is 0.273. The second-order valence-electron chi connectivity index (χ2n) is 10.5. The van der Waals surface area contributed by atoms with Gasteiger partial charge in [0.2, 0.25) is 5.13 Å². The molecule has 0 aliphatic carbocycles. The third kappa shape index (κ3) is 6.83. The lowest BCUT2D eigenvalue weighted by Gasteiger charge is -2.23. The summed E-state index contributed by atoms with van der Waals surface area (Å²) in [6.07, 6.45) is 3.00. The summed E-state index contributed by atoms with van der Waals surface area (Å²) in [6.45, 7) is 3.42. The summed E-state index contributed by atoms with van der Waals surface area (Å²) in [7, 11) is 0. The number of nitrogens with zero attached hydrogens (tertiary/aromatic N) is 3. The van der Waals surface area contributed by atoms with E-state index in [1.54, 1.807) is 48.5 Å². The van der Waals surface area contributed by atoms with E-state index in [2.05, 4.69) is 17.1 Å². The molecule has 2 aliphatic heterocycles. The summed E-state index contributed by atoms with van der Waals surface area (Å²) >= 11 is 14.9. The van der Waals surface area contributed by atoms with Gasteiger partial charge in [-0.25, -0.2) is 0 Å². The molecule has 0 spiro atoms. The molecule has 238 valence electrons. The van der Waals surface area contributed by atoms with E-state index in [9.17, 15) is 14.7 Å². The average Bonchev–Trinajstić information content (AvgIpc) is 3.63. The highest BCUT2D eigenvalue weighted by Gasteiger charge is 2.48. The molecule has 1 fully saturated rings. The molecule has 0 saturated carbocycles. The van der Waals surface area contributed by atoms with Gasteiger partial charge in [-0.05, 0) is 60.0 Å². The third-order valence-electron chi connectivity index (χ3n) is 7.42. The van der Waals surface area contributed by atoms with Crippen LogP contribution in [-0.4, -0.2) is 46.8 Å². The molecule has 0 radical (unpaired) electrons. The number of amides is 1. The van der Waals surface area contributed by atoms with Crippen LogP contribution in [0.2, 0.25) is 10.0 Å². The van der Waals surface area contributed by atoms with Crippen LogP contribution < -0.4 is 19.1 Å². The van der Waals surface area contributed by atoms with Crippen molar-refractivity contribution in [1.29, 1.82) is 0 Å². The molecule has 3 heterocycles. The maximum atomic E-state index is 13.7. The highest BCUT2D eigenvalue weighted by Crippen LogP contribution is 2.45. The summed E-state index contributed by atoms with van der Waals surface area (Å²) in [5.41, 5.74) is 1.67. The fourth-order valence-electron chi connectivity index (χ4n) is 5.14. The molecule has 3 aromatic carbocycles. The Labute approximate surface area is 284 Å². The Morgan fingerprint density at radius 3 is 2.67 bits per heavy atom. The van der Waals surface area contributed by atoms with E-state index in [4.69, 9.17) is 37.4 Å². The van der Waals surface area contributed by atoms with E-state index in [1.165, 1.54) is 28.0 Å². The minimum atomic E-state index is -0.996. The van der Waals surface area contributed by atoms with E-state index in [1.807, 2.05) is 12.1 Å². The molecule has 13 heteroatoms. The van der Waals surface area contributed by atoms with Crippen molar-refractivity contribution in [2.24, 2.45) is 0 Å². The van der Waals surface area contributed by atoms with Gasteiger partial charge in [0.15, 0.2) is 15.8 Å². The number of ether oxygens (including phenoxy) is 3. The highest BCUT2D eigenvalue weighted by molar-refractivity contribution is 8.00. The van der Waals surface area contributed by atoms with Gasteiger partial charge >= 0.3 is 5.91 Å². The van der Waals surface area contributed by atoms with Gasteiger partial charge in [-0.1, -0.05) is 84.3 Å². The lowest BCUT2D eigenvalue weighted by atomic mass is 9.95. The molecule has 6 rings (SSSR count). The van der Waals surface area contributed by atoms with Gasteiger partial charge in [0.1, 0.15) is 24.7 Å². The molecule has 2 aliphatic rings. The van der Waals surface area contributed by atoms with Gasteiger partial charge < -0.3 is 19.3 Å². The largest absolute Gasteiger partial charge is 0.507 e. The smallest absolute Gasteiger partial charge is 0.301 e. The van der Waals surface area contributed by atoms with Crippen molar-refractivity contribution in [3.63, 3.8) is 0 Å². The molecule has 1 saturated heterocycles. The predicted octanol–water partition coefficient (Wildman–Crippen LogP) is 8.10. The van der Waals surface area contributed by atoms with Crippen LogP contribution in [-0.2, 0) is 15.3 Å². The second kappa shape index (κ2) is 14.3. The number of aliphatic hydroxyl groups is 1. The molecule has 1 N–H and O–H groups in total. The zero-order valence-corrected chi connectivity index (χ0v) is 27.8. The van der Waals surface area contributed by atoms with Crippen LogP contribution in [0.5, 0.6) is 17.2 Å². The highest BCUT2D eigenvalue weighted by atomic mass is 35.5. The number of carbonyl (C=O) groups is 2. The number of rotatable bonds is 11. The molecule has 0 unspecified atom stereocenters. The van der Waals surface area contributed by atoms with E-state index >= 15 is 0 Å². The number of hydrogen-bond acceptors (Lipinski definition) is 10. The summed E-state index contributed by atoms with van der Waals surface area (Å²) in [5.74, 6) is 0.0481. The minimum absolute atomic E-state index is 0.0813. The maximum absolute atomic E-state index is 13.7. The maximum Gasteiger partial charge on any atom is 0.301 e. The molecule has 1 amide bonds. The Kier molecular flexibility index (Phi) is 10.0. The molecule has 4 aromatic rings. The summed E-state index contributed by atoms with van der Waals surface area (Å²) in [5, 5.41) is 21.5. The second-order valence-corrected chi connectivity index (χ2v) is 13.6. The zero-order chi connectivity index (χ0) is 32.2. The summed E-state index contributed by atoms with van der Waals surface area (Å²) in [6, 6.07) is 16.4. The molecule has 46 heavy (non-hydrogen) atoms. The average molecular weight is 699 g/mol.